The number of carbonyl (C=O) groups is 1. The molecular weight excluding hydrogens is 535 g/mol. The molecule has 0 aliphatic carbocycles. The lowest BCUT2D eigenvalue weighted by Crippen LogP contribution is -2.32. The fourth-order valence-corrected chi connectivity index (χ4v) is 4.86. The Morgan fingerprint density at radius 2 is 1.76 bits per heavy atom. The molecule has 192 valence electrons. The highest BCUT2D eigenvalue weighted by molar-refractivity contribution is 7.92. The van der Waals surface area contributed by atoms with Crippen molar-refractivity contribution in [2.45, 2.75) is 11.8 Å². The van der Waals surface area contributed by atoms with E-state index in [1.807, 2.05) is 19.1 Å². The number of aryl methyl sites for hydroxylation is 1. The monoisotopic (exact) mass is 558 g/mol. The van der Waals surface area contributed by atoms with Gasteiger partial charge in [-0.05, 0) is 73.2 Å². The van der Waals surface area contributed by atoms with Crippen LogP contribution in [-0.4, -0.2) is 39.0 Å². The van der Waals surface area contributed by atoms with Crippen molar-refractivity contribution in [2.24, 2.45) is 0 Å². The second-order valence-electron chi connectivity index (χ2n) is 8.13. The lowest BCUT2D eigenvalue weighted by atomic mass is 10.2. The van der Waals surface area contributed by atoms with E-state index in [9.17, 15) is 13.2 Å². The van der Waals surface area contributed by atoms with Gasteiger partial charge in [0.25, 0.3) is 15.9 Å². The van der Waals surface area contributed by atoms with Crippen molar-refractivity contribution in [1.82, 2.24) is 10.3 Å². The zero-order valence-electron chi connectivity index (χ0n) is 19.8. The molecule has 0 spiro atoms. The molecule has 0 aliphatic heterocycles. The first-order chi connectivity index (χ1) is 17.7. The van der Waals surface area contributed by atoms with E-state index in [-0.39, 0.29) is 17.4 Å². The number of halogens is 2. The van der Waals surface area contributed by atoms with Gasteiger partial charge in [0.1, 0.15) is 5.75 Å². The minimum atomic E-state index is -3.81. The van der Waals surface area contributed by atoms with Gasteiger partial charge >= 0.3 is 0 Å². The van der Waals surface area contributed by atoms with Crippen LogP contribution in [0.25, 0.3) is 10.9 Å². The van der Waals surface area contributed by atoms with Crippen LogP contribution in [0.5, 0.6) is 5.75 Å². The number of hydrogen-bond donors (Lipinski definition) is 3. The Morgan fingerprint density at radius 1 is 0.973 bits per heavy atom. The van der Waals surface area contributed by atoms with E-state index in [0.717, 1.165) is 22.2 Å². The number of anilines is 2. The van der Waals surface area contributed by atoms with Gasteiger partial charge in [0.15, 0.2) is 6.61 Å². The van der Waals surface area contributed by atoms with Crippen LogP contribution in [0.1, 0.15) is 5.56 Å². The molecule has 37 heavy (non-hydrogen) atoms. The van der Waals surface area contributed by atoms with Gasteiger partial charge in [0.05, 0.1) is 16.1 Å². The summed E-state index contributed by atoms with van der Waals surface area (Å²) in [5.41, 5.74) is 2.88. The predicted molar refractivity (Wildman–Crippen MR) is 147 cm³/mol. The summed E-state index contributed by atoms with van der Waals surface area (Å²) < 4.78 is 33.2. The summed E-state index contributed by atoms with van der Waals surface area (Å²) in [7, 11) is -3.81. The van der Waals surface area contributed by atoms with Gasteiger partial charge in [-0.2, -0.15) is 0 Å². The molecule has 0 fully saturated rings. The molecule has 4 rings (SSSR count). The number of pyridine rings is 1. The fraction of sp³-hybridized carbons (Fsp3) is 0.154. The third-order valence-electron chi connectivity index (χ3n) is 5.40. The molecule has 0 bridgehead atoms. The largest absolute Gasteiger partial charge is 0.484 e. The Labute approximate surface area is 225 Å². The maximum absolute atomic E-state index is 12.6. The zero-order chi connectivity index (χ0) is 26.4. The Balaban J connectivity index is 1.23. The average molecular weight is 559 g/mol. The van der Waals surface area contributed by atoms with Crippen LogP contribution >= 0.6 is 23.2 Å². The minimum Gasteiger partial charge on any atom is -0.484 e. The molecule has 0 radical (unpaired) electrons. The zero-order valence-corrected chi connectivity index (χ0v) is 22.1. The second-order valence-corrected chi connectivity index (χ2v) is 10.7. The van der Waals surface area contributed by atoms with Gasteiger partial charge in [0.2, 0.25) is 0 Å². The number of sulfonamides is 1. The van der Waals surface area contributed by atoms with E-state index >= 15 is 0 Å². The van der Waals surface area contributed by atoms with E-state index in [2.05, 4.69) is 20.3 Å². The molecule has 0 atom stereocenters. The molecule has 1 amide bonds. The fourth-order valence-electron chi connectivity index (χ4n) is 3.46. The molecule has 3 N–H and O–H groups in total. The van der Waals surface area contributed by atoms with Crippen molar-refractivity contribution in [3.8, 4) is 5.75 Å². The Kier molecular flexibility index (Phi) is 8.38. The minimum absolute atomic E-state index is 0.0537. The normalized spacial score (nSPS) is 11.2. The molecule has 0 unspecified atom stereocenters. The Hall–Kier alpha value is -3.53. The van der Waals surface area contributed by atoms with Crippen molar-refractivity contribution < 1.29 is 17.9 Å². The maximum atomic E-state index is 12.6. The summed E-state index contributed by atoms with van der Waals surface area (Å²) in [6, 6.07) is 18.1. The molecular formula is C26H24Cl2N4O4S. The number of rotatable bonds is 10. The quantitative estimate of drug-likeness (QED) is 0.229. The molecule has 4 aromatic rings. The summed E-state index contributed by atoms with van der Waals surface area (Å²) in [5.74, 6) is 0.0651. The van der Waals surface area contributed by atoms with Gasteiger partial charge in [0, 0.05) is 40.4 Å². The van der Waals surface area contributed by atoms with Crippen LogP contribution < -0.4 is 20.1 Å². The molecule has 0 saturated heterocycles. The van der Waals surface area contributed by atoms with Crippen molar-refractivity contribution >= 4 is 61.4 Å². The van der Waals surface area contributed by atoms with Crippen LogP contribution in [0, 0.1) is 6.92 Å². The highest BCUT2D eigenvalue weighted by Crippen LogP contribution is 2.25. The first-order valence-electron chi connectivity index (χ1n) is 11.3. The summed E-state index contributed by atoms with van der Waals surface area (Å²) in [6.45, 7) is 2.51. The number of ether oxygens (including phenoxy) is 1. The molecule has 0 aliphatic rings. The van der Waals surface area contributed by atoms with Crippen LogP contribution in [-0.2, 0) is 14.8 Å². The smallest absolute Gasteiger partial charge is 0.261 e. The number of carbonyl (C=O) groups excluding carboxylic acids is 1. The van der Waals surface area contributed by atoms with Crippen molar-refractivity contribution in [2.75, 3.05) is 29.7 Å². The van der Waals surface area contributed by atoms with Gasteiger partial charge < -0.3 is 15.4 Å². The second kappa shape index (κ2) is 11.7. The molecule has 8 nitrogen and oxygen atoms in total. The molecule has 1 heterocycles. The van der Waals surface area contributed by atoms with E-state index in [1.165, 1.54) is 24.3 Å². The van der Waals surface area contributed by atoms with Gasteiger partial charge in [-0.3, -0.25) is 14.5 Å². The van der Waals surface area contributed by atoms with E-state index in [4.69, 9.17) is 27.9 Å². The topological polar surface area (TPSA) is 109 Å². The molecule has 0 saturated carbocycles. The lowest BCUT2D eigenvalue weighted by molar-refractivity contribution is -0.123. The number of fused-ring (bicyclic) bond motifs is 1. The number of nitrogens with one attached hydrogen (secondary N) is 3. The van der Waals surface area contributed by atoms with Gasteiger partial charge in [-0.25, -0.2) is 8.42 Å². The molecule has 1 aromatic heterocycles. The standard InChI is InChI=1S/C26H24Cl2N4O4S/c1-17-2-4-19(15-23(17)28)32-37(34,35)21-7-5-20(6-8-21)36-16-26(33)31-13-12-30-24-10-11-29-25-14-18(27)3-9-22(24)25/h2-11,14-15,32H,12-13,16H2,1H3,(H,29,30)(H,31,33). The third kappa shape index (κ3) is 7.03. The van der Waals surface area contributed by atoms with Crippen LogP contribution in [0.3, 0.4) is 0 Å². The van der Waals surface area contributed by atoms with E-state index in [0.29, 0.717) is 34.6 Å². The predicted octanol–water partition coefficient (Wildman–Crippen LogP) is 5.26. The van der Waals surface area contributed by atoms with Gasteiger partial charge in [-0.15, -0.1) is 0 Å². The maximum Gasteiger partial charge on any atom is 0.261 e. The highest BCUT2D eigenvalue weighted by Gasteiger charge is 2.15. The van der Waals surface area contributed by atoms with Crippen molar-refractivity contribution in [1.29, 1.82) is 0 Å². The van der Waals surface area contributed by atoms with Crippen LogP contribution in [0.4, 0.5) is 11.4 Å². The number of aromatic nitrogens is 1. The summed E-state index contributed by atoms with van der Waals surface area (Å²) >= 11 is 12.1. The first kappa shape index (κ1) is 26.5. The van der Waals surface area contributed by atoms with E-state index in [1.54, 1.807) is 36.5 Å². The highest BCUT2D eigenvalue weighted by atomic mass is 35.5. The molecule has 3 aromatic carbocycles. The number of benzene rings is 3. The first-order valence-corrected chi connectivity index (χ1v) is 13.5. The lowest BCUT2D eigenvalue weighted by Gasteiger charge is -2.12. The SMILES string of the molecule is Cc1ccc(NS(=O)(=O)c2ccc(OCC(=O)NCCNc3ccnc4cc(Cl)ccc34)cc2)cc1Cl. The van der Waals surface area contributed by atoms with Crippen LogP contribution in [0.15, 0.2) is 77.8 Å². The summed E-state index contributed by atoms with van der Waals surface area (Å²) in [6.07, 6.45) is 1.69. The average Bonchev–Trinajstić information content (AvgIpc) is 2.87. The van der Waals surface area contributed by atoms with Crippen molar-refractivity contribution in [3.05, 3.63) is 88.5 Å². The summed E-state index contributed by atoms with van der Waals surface area (Å²) in [5, 5.41) is 8.06. The Bertz CT molecular complexity index is 1530. The van der Waals surface area contributed by atoms with Gasteiger partial charge in [-0.1, -0.05) is 29.3 Å². The van der Waals surface area contributed by atoms with Crippen LogP contribution in [0.2, 0.25) is 10.0 Å². The number of nitrogens with zero attached hydrogens (tertiary/aromatic N) is 1. The van der Waals surface area contributed by atoms with E-state index < -0.39 is 10.0 Å². The number of amides is 1. The number of hydrogen-bond acceptors (Lipinski definition) is 6. The third-order valence-corrected chi connectivity index (χ3v) is 7.43. The molecule has 11 heteroatoms. The Morgan fingerprint density at radius 3 is 2.51 bits per heavy atom. The summed E-state index contributed by atoms with van der Waals surface area (Å²) in [4.78, 5) is 16.5. The van der Waals surface area contributed by atoms with Crippen molar-refractivity contribution in [3.63, 3.8) is 0 Å².